The van der Waals surface area contributed by atoms with Crippen LogP contribution in [-0.4, -0.2) is 62.4 Å². The van der Waals surface area contributed by atoms with E-state index in [0.717, 1.165) is 64.3 Å². The van der Waals surface area contributed by atoms with E-state index in [9.17, 15) is 9.59 Å². The Morgan fingerprint density at radius 3 is 2.48 bits per heavy atom. The average Bonchev–Trinajstić information content (AvgIpc) is 2.56. The third-order valence-electron chi connectivity index (χ3n) is 4.15. The van der Waals surface area contributed by atoms with Crippen molar-refractivity contribution in [3.63, 3.8) is 0 Å². The molecule has 2 aliphatic heterocycles. The topological polar surface area (TPSA) is 65.1 Å². The van der Waals surface area contributed by atoms with Gasteiger partial charge in [-0.25, -0.2) is 9.59 Å². The lowest BCUT2D eigenvalue weighted by Crippen LogP contribution is -2.36. The van der Waals surface area contributed by atoms with E-state index in [1.54, 1.807) is 0 Å². The van der Waals surface area contributed by atoms with E-state index in [-0.39, 0.29) is 12.7 Å². The molecule has 6 nitrogen and oxygen atoms in total. The van der Waals surface area contributed by atoms with E-state index in [1.165, 1.54) is 19.3 Å². The second-order valence-electron chi connectivity index (χ2n) is 6.03. The molecule has 0 spiro atoms. The molecule has 2 rings (SSSR count). The van der Waals surface area contributed by atoms with Gasteiger partial charge in [-0.15, -0.1) is 0 Å². The van der Waals surface area contributed by atoms with E-state index in [0.29, 0.717) is 0 Å². The fraction of sp³-hybridized carbons (Fsp3) is 0.765. The third-order valence-corrected chi connectivity index (χ3v) is 4.15. The Balaban J connectivity index is 1.48. The highest BCUT2D eigenvalue weighted by atomic mass is 16.6. The van der Waals surface area contributed by atoms with Gasteiger partial charge in [0.2, 0.25) is 0 Å². The number of carbonyl (C=O) groups is 2. The maximum absolute atomic E-state index is 11.4. The van der Waals surface area contributed by atoms with Gasteiger partial charge in [-0.2, -0.15) is 0 Å². The molecular formula is C17H27NO5. The molecule has 0 amide bonds. The quantitative estimate of drug-likeness (QED) is 0.500. The molecule has 0 bridgehead atoms. The van der Waals surface area contributed by atoms with Gasteiger partial charge >= 0.3 is 11.9 Å². The number of morpholine rings is 1. The number of nitrogens with zero attached hydrogens (tertiary/aromatic N) is 1. The van der Waals surface area contributed by atoms with Gasteiger partial charge in [-0.05, 0) is 25.8 Å². The molecule has 0 aliphatic carbocycles. The van der Waals surface area contributed by atoms with Crippen molar-refractivity contribution in [1.29, 1.82) is 0 Å². The van der Waals surface area contributed by atoms with Gasteiger partial charge in [-0.3, -0.25) is 4.90 Å². The van der Waals surface area contributed by atoms with Crippen LogP contribution >= 0.6 is 0 Å². The summed E-state index contributed by atoms with van der Waals surface area (Å²) in [6.07, 6.45) is 8.39. The highest BCUT2D eigenvalue weighted by molar-refractivity contribution is 5.92. The van der Waals surface area contributed by atoms with Crippen molar-refractivity contribution in [2.24, 2.45) is 0 Å². The first-order valence-corrected chi connectivity index (χ1v) is 8.59. The second kappa shape index (κ2) is 10.4. The lowest BCUT2D eigenvalue weighted by atomic mass is 10.1. The molecule has 6 heteroatoms. The van der Waals surface area contributed by atoms with Crippen LogP contribution in [0.2, 0.25) is 0 Å². The Hall–Kier alpha value is -1.40. The van der Waals surface area contributed by atoms with Crippen LogP contribution in [0.1, 0.15) is 38.5 Å². The standard InChI is InChI=1S/C17H27NO5/c19-16-7-8-17(20)23-15(14-22-16)6-4-2-1-3-5-9-18-10-12-21-13-11-18/h7-8,15H,1-6,9-14H2. The lowest BCUT2D eigenvalue weighted by molar-refractivity contribution is -0.155. The second-order valence-corrected chi connectivity index (χ2v) is 6.03. The summed E-state index contributed by atoms with van der Waals surface area (Å²) < 4.78 is 15.5. The van der Waals surface area contributed by atoms with Gasteiger partial charge in [0.05, 0.1) is 13.2 Å². The van der Waals surface area contributed by atoms with Crippen LogP contribution in [0.3, 0.4) is 0 Å². The van der Waals surface area contributed by atoms with Gasteiger partial charge in [0.25, 0.3) is 0 Å². The van der Waals surface area contributed by atoms with Crippen LogP contribution < -0.4 is 0 Å². The average molecular weight is 325 g/mol. The van der Waals surface area contributed by atoms with Crippen molar-refractivity contribution in [1.82, 2.24) is 4.90 Å². The van der Waals surface area contributed by atoms with Gasteiger partial charge in [-0.1, -0.05) is 19.3 Å². The first kappa shape index (κ1) is 17.9. The summed E-state index contributed by atoms with van der Waals surface area (Å²) >= 11 is 0. The van der Waals surface area contributed by atoms with Crippen LogP contribution in [0.25, 0.3) is 0 Å². The van der Waals surface area contributed by atoms with E-state index >= 15 is 0 Å². The molecule has 0 N–H and O–H groups in total. The molecule has 2 heterocycles. The third kappa shape index (κ3) is 7.61. The Labute approximate surface area is 137 Å². The molecule has 2 aliphatic rings. The van der Waals surface area contributed by atoms with Crippen LogP contribution in [0.5, 0.6) is 0 Å². The summed E-state index contributed by atoms with van der Waals surface area (Å²) in [4.78, 5) is 25.0. The smallest absolute Gasteiger partial charge is 0.331 e. The van der Waals surface area contributed by atoms with Crippen LogP contribution in [0.4, 0.5) is 0 Å². The van der Waals surface area contributed by atoms with Crippen molar-refractivity contribution in [2.75, 3.05) is 39.5 Å². The number of ether oxygens (including phenoxy) is 3. The first-order valence-electron chi connectivity index (χ1n) is 8.59. The minimum Gasteiger partial charge on any atom is -0.459 e. The number of hydrogen-bond acceptors (Lipinski definition) is 6. The highest BCUT2D eigenvalue weighted by Crippen LogP contribution is 2.12. The Kier molecular flexibility index (Phi) is 8.11. The van der Waals surface area contributed by atoms with Gasteiger partial charge in [0.15, 0.2) is 0 Å². The number of carbonyl (C=O) groups excluding carboxylic acids is 2. The van der Waals surface area contributed by atoms with Crippen molar-refractivity contribution in [3.8, 4) is 0 Å². The molecule has 0 aromatic rings. The van der Waals surface area contributed by atoms with Gasteiger partial charge in [0.1, 0.15) is 12.7 Å². The summed E-state index contributed by atoms with van der Waals surface area (Å²) in [5.74, 6) is -0.938. The molecule has 1 saturated heterocycles. The minimum absolute atomic E-state index is 0.159. The molecule has 130 valence electrons. The fourth-order valence-corrected chi connectivity index (χ4v) is 2.80. The zero-order valence-electron chi connectivity index (χ0n) is 13.7. The Morgan fingerprint density at radius 1 is 0.957 bits per heavy atom. The van der Waals surface area contributed by atoms with Crippen LogP contribution in [0.15, 0.2) is 12.2 Å². The maximum atomic E-state index is 11.4. The van der Waals surface area contributed by atoms with Crippen molar-refractivity contribution < 1.29 is 23.8 Å². The van der Waals surface area contributed by atoms with E-state index in [2.05, 4.69) is 4.90 Å². The van der Waals surface area contributed by atoms with Crippen LogP contribution in [-0.2, 0) is 23.8 Å². The zero-order valence-corrected chi connectivity index (χ0v) is 13.7. The Bertz CT molecular complexity index is 404. The molecule has 1 fully saturated rings. The van der Waals surface area contributed by atoms with E-state index in [4.69, 9.17) is 14.2 Å². The van der Waals surface area contributed by atoms with Crippen molar-refractivity contribution in [3.05, 3.63) is 12.2 Å². The number of rotatable bonds is 8. The number of esters is 2. The predicted molar refractivity (Wildman–Crippen MR) is 84.9 cm³/mol. The molecule has 0 aromatic heterocycles. The molecule has 1 unspecified atom stereocenters. The summed E-state index contributed by atoms with van der Waals surface area (Å²) in [6, 6.07) is 0. The monoisotopic (exact) mass is 325 g/mol. The maximum Gasteiger partial charge on any atom is 0.331 e. The van der Waals surface area contributed by atoms with Crippen molar-refractivity contribution >= 4 is 11.9 Å². The lowest BCUT2D eigenvalue weighted by Gasteiger charge is -2.26. The molecule has 0 radical (unpaired) electrons. The normalized spacial score (nSPS) is 23.0. The largest absolute Gasteiger partial charge is 0.459 e. The number of hydrogen-bond donors (Lipinski definition) is 0. The molecular weight excluding hydrogens is 298 g/mol. The fourth-order valence-electron chi connectivity index (χ4n) is 2.80. The van der Waals surface area contributed by atoms with E-state index in [1.807, 2.05) is 0 Å². The van der Waals surface area contributed by atoms with E-state index < -0.39 is 11.9 Å². The summed E-state index contributed by atoms with van der Waals surface area (Å²) in [6.45, 7) is 5.15. The van der Waals surface area contributed by atoms with Gasteiger partial charge < -0.3 is 14.2 Å². The summed E-state index contributed by atoms with van der Waals surface area (Å²) in [5, 5.41) is 0. The molecule has 23 heavy (non-hydrogen) atoms. The first-order chi connectivity index (χ1) is 11.2. The summed E-state index contributed by atoms with van der Waals surface area (Å²) in [5.41, 5.74) is 0. The highest BCUT2D eigenvalue weighted by Gasteiger charge is 2.17. The number of cyclic esters (lactones) is 2. The minimum atomic E-state index is -0.477. The van der Waals surface area contributed by atoms with Gasteiger partial charge in [0, 0.05) is 25.2 Å². The molecule has 0 saturated carbocycles. The SMILES string of the molecule is O=C1C=CC(=O)OC(CCCCCCCN2CCOCC2)CO1. The number of unbranched alkanes of at least 4 members (excludes halogenated alkanes) is 4. The zero-order chi connectivity index (χ0) is 16.3. The predicted octanol–water partition coefficient (Wildman–Crippen LogP) is 1.68. The molecule has 1 atom stereocenters. The Morgan fingerprint density at radius 2 is 1.65 bits per heavy atom. The van der Waals surface area contributed by atoms with Crippen molar-refractivity contribution in [2.45, 2.75) is 44.6 Å². The summed E-state index contributed by atoms with van der Waals surface area (Å²) in [7, 11) is 0. The molecule has 0 aromatic carbocycles. The van der Waals surface area contributed by atoms with Crippen LogP contribution in [0, 0.1) is 0 Å².